The summed E-state index contributed by atoms with van der Waals surface area (Å²) in [4.78, 5) is 35.3. The van der Waals surface area contributed by atoms with Crippen LogP contribution >= 0.6 is 0 Å². The van der Waals surface area contributed by atoms with Gasteiger partial charge in [0.05, 0.1) is 0 Å². The quantitative estimate of drug-likeness (QED) is 0.797. The molecular weight excluding hydrogens is 296 g/mol. The number of piperazine rings is 1. The number of aryl methyl sites for hydroxylation is 1. The molecule has 7 heteroatoms. The number of carbonyl (C=O) groups is 1. The van der Waals surface area contributed by atoms with Crippen LogP contribution < -0.4 is 5.56 Å². The molecule has 1 saturated heterocycles. The number of aliphatic hydroxyl groups is 1. The summed E-state index contributed by atoms with van der Waals surface area (Å²) in [5.74, 6) is 1.01. The maximum atomic E-state index is 12.6. The molecule has 2 aliphatic rings. The van der Waals surface area contributed by atoms with Gasteiger partial charge in [0.1, 0.15) is 11.4 Å². The zero-order valence-corrected chi connectivity index (χ0v) is 13.5. The smallest absolute Gasteiger partial charge is 0.263 e. The minimum absolute atomic E-state index is 0.0917. The van der Waals surface area contributed by atoms with Gasteiger partial charge in [-0.1, -0.05) is 0 Å². The molecule has 0 aromatic carbocycles. The van der Waals surface area contributed by atoms with Crippen molar-refractivity contribution >= 4 is 5.91 Å². The second-order valence-electron chi connectivity index (χ2n) is 6.57. The SMILES string of the molecule is Cc1ncc(C(=O)N2CCN(CC3CC3)C(CCO)C2)c(=O)[nH]1. The summed E-state index contributed by atoms with van der Waals surface area (Å²) in [6, 6.07) is 0.163. The Morgan fingerprint density at radius 3 is 2.87 bits per heavy atom. The third-order valence-corrected chi connectivity index (χ3v) is 4.70. The number of H-pyrrole nitrogens is 1. The van der Waals surface area contributed by atoms with Crippen molar-refractivity contribution < 1.29 is 9.90 Å². The van der Waals surface area contributed by atoms with E-state index in [0.717, 1.165) is 19.0 Å². The second kappa shape index (κ2) is 6.80. The van der Waals surface area contributed by atoms with Gasteiger partial charge in [-0.05, 0) is 32.1 Å². The van der Waals surface area contributed by atoms with Crippen LogP contribution in [0.3, 0.4) is 0 Å². The first-order valence-electron chi connectivity index (χ1n) is 8.28. The molecule has 7 nitrogen and oxygen atoms in total. The number of amides is 1. The van der Waals surface area contributed by atoms with E-state index in [-0.39, 0.29) is 29.7 Å². The molecule has 0 spiro atoms. The minimum atomic E-state index is -0.387. The molecule has 1 atom stereocenters. The van der Waals surface area contributed by atoms with Crippen molar-refractivity contribution in [2.45, 2.75) is 32.2 Å². The third-order valence-electron chi connectivity index (χ3n) is 4.70. The van der Waals surface area contributed by atoms with E-state index in [1.165, 1.54) is 19.0 Å². The lowest BCUT2D eigenvalue weighted by Crippen LogP contribution is -2.55. The highest BCUT2D eigenvalue weighted by Crippen LogP contribution is 2.31. The van der Waals surface area contributed by atoms with Crippen LogP contribution in [0.2, 0.25) is 0 Å². The summed E-state index contributed by atoms with van der Waals surface area (Å²) < 4.78 is 0. The molecule has 2 fully saturated rings. The van der Waals surface area contributed by atoms with Gasteiger partial charge in [-0.15, -0.1) is 0 Å². The van der Waals surface area contributed by atoms with Crippen LogP contribution in [0.1, 0.15) is 35.4 Å². The Morgan fingerprint density at radius 2 is 2.22 bits per heavy atom. The zero-order valence-electron chi connectivity index (χ0n) is 13.5. The van der Waals surface area contributed by atoms with E-state index < -0.39 is 0 Å². The molecule has 1 aliphatic heterocycles. The molecular formula is C16H24N4O3. The summed E-state index contributed by atoms with van der Waals surface area (Å²) in [6.07, 6.45) is 4.58. The van der Waals surface area contributed by atoms with E-state index >= 15 is 0 Å². The van der Waals surface area contributed by atoms with Gasteiger partial charge in [0.2, 0.25) is 0 Å². The standard InChI is InChI=1S/C16H24N4O3/c1-11-17-8-14(15(22)18-11)16(23)20-6-5-19(9-12-2-3-12)13(10-20)4-7-21/h8,12-13,21H,2-7,9-10H2,1H3,(H,17,18,22). The van der Waals surface area contributed by atoms with Crippen molar-refractivity contribution in [1.82, 2.24) is 19.8 Å². The summed E-state index contributed by atoms with van der Waals surface area (Å²) in [5, 5.41) is 9.31. The first-order valence-corrected chi connectivity index (χ1v) is 8.28. The van der Waals surface area contributed by atoms with Gasteiger partial charge < -0.3 is 15.0 Å². The number of hydrogen-bond acceptors (Lipinski definition) is 5. The number of aromatic amines is 1. The normalized spacial score (nSPS) is 22.3. The Kier molecular flexibility index (Phi) is 4.77. The molecule has 126 valence electrons. The maximum Gasteiger partial charge on any atom is 0.263 e. The van der Waals surface area contributed by atoms with Crippen molar-refractivity contribution in [3.63, 3.8) is 0 Å². The minimum Gasteiger partial charge on any atom is -0.396 e. The molecule has 1 amide bonds. The first-order chi connectivity index (χ1) is 11.1. The van der Waals surface area contributed by atoms with Gasteiger partial charge in [0.25, 0.3) is 11.5 Å². The number of rotatable bonds is 5. The highest BCUT2D eigenvalue weighted by Gasteiger charge is 2.34. The highest BCUT2D eigenvalue weighted by atomic mass is 16.3. The third kappa shape index (κ3) is 3.79. The number of aliphatic hydroxyl groups excluding tert-OH is 1. The van der Waals surface area contributed by atoms with Crippen LogP contribution in [0, 0.1) is 12.8 Å². The molecule has 2 N–H and O–H groups in total. The van der Waals surface area contributed by atoms with Gasteiger partial charge in [-0.25, -0.2) is 4.98 Å². The number of carbonyl (C=O) groups excluding carboxylic acids is 1. The monoisotopic (exact) mass is 320 g/mol. The van der Waals surface area contributed by atoms with E-state index in [4.69, 9.17) is 0 Å². The molecule has 2 heterocycles. The Hall–Kier alpha value is -1.73. The second-order valence-corrected chi connectivity index (χ2v) is 6.57. The van der Waals surface area contributed by atoms with Crippen LogP contribution in [0.25, 0.3) is 0 Å². The average molecular weight is 320 g/mol. The average Bonchev–Trinajstić information content (AvgIpc) is 3.33. The van der Waals surface area contributed by atoms with Gasteiger partial charge in [-0.3, -0.25) is 14.5 Å². The van der Waals surface area contributed by atoms with Crippen molar-refractivity contribution in [1.29, 1.82) is 0 Å². The van der Waals surface area contributed by atoms with Crippen molar-refractivity contribution in [2.75, 3.05) is 32.8 Å². The Balaban J connectivity index is 1.70. The number of aromatic nitrogens is 2. The fourth-order valence-electron chi connectivity index (χ4n) is 3.18. The van der Waals surface area contributed by atoms with E-state index in [1.807, 2.05) is 0 Å². The largest absolute Gasteiger partial charge is 0.396 e. The molecule has 3 rings (SSSR count). The molecule has 23 heavy (non-hydrogen) atoms. The van der Waals surface area contributed by atoms with Crippen LogP contribution in [0.15, 0.2) is 11.0 Å². The predicted molar refractivity (Wildman–Crippen MR) is 85.3 cm³/mol. The van der Waals surface area contributed by atoms with Crippen molar-refractivity contribution in [3.8, 4) is 0 Å². The van der Waals surface area contributed by atoms with Gasteiger partial charge >= 0.3 is 0 Å². The van der Waals surface area contributed by atoms with Crippen molar-refractivity contribution in [3.05, 3.63) is 27.9 Å². The Bertz CT molecular complexity index is 626. The highest BCUT2D eigenvalue weighted by molar-refractivity contribution is 5.93. The molecule has 1 unspecified atom stereocenters. The lowest BCUT2D eigenvalue weighted by molar-refractivity contribution is 0.0405. The van der Waals surface area contributed by atoms with E-state index in [1.54, 1.807) is 11.8 Å². The Labute approximate surface area is 135 Å². The fourth-order valence-corrected chi connectivity index (χ4v) is 3.18. The van der Waals surface area contributed by atoms with Crippen LogP contribution in [-0.2, 0) is 0 Å². The van der Waals surface area contributed by atoms with Crippen molar-refractivity contribution in [2.24, 2.45) is 5.92 Å². The number of nitrogens with zero attached hydrogens (tertiary/aromatic N) is 3. The lowest BCUT2D eigenvalue weighted by atomic mass is 10.1. The molecule has 1 saturated carbocycles. The van der Waals surface area contributed by atoms with Gasteiger partial charge in [-0.2, -0.15) is 0 Å². The number of nitrogens with one attached hydrogen (secondary N) is 1. The Morgan fingerprint density at radius 1 is 1.43 bits per heavy atom. The summed E-state index contributed by atoms with van der Waals surface area (Å²) in [6.45, 7) is 4.81. The van der Waals surface area contributed by atoms with Crippen LogP contribution in [-0.4, -0.2) is 69.6 Å². The summed E-state index contributed by atoms with van der Waals surface area (Å²) in [7, 11) is 0. The molecule has 1 aromatic heterocycles. The van der Waals surface area contributed by atoms with Crippen LogP contribution in [0.4, 0.5) is 0 Å². The van der Waals surface area contributed by atoms with E-state index in [0.29, 0.717) is 25.3 Å². The molecule has 0 bridgehead atoms. The summed E-state index contributed by atoms with van der Waals surface area (Å²) in [5.41, 5.74) is -0.296. The molecule has 1 aliphatic carbocycles. The van der Waals surface area contributed by atoms with Crippen LogP contribution in [0.5, 0.6) is 0 Å². The van der Waals surface area contributed by atoms with Gasteiger partial charge in [0, 0.05) is 45.0 Å². The lowest BCUT2D eigenvalue weighted by Gasteiger charge is -2.41. The van der Waals surface area contributed by atoms with E-state index in [2.05, 4.69) is 14.9 Å². The summed E-state index contributed by atoms with van der Waals surface area (Å²) >= 11 is 0. The fraction of sp³-hybridized carbons (Fsp3) is 0.688. The maximum absolute atomic E-state index is 12.6. The van der Waals surface area contributed by atoms with Gasteiger partial charge in [0.15, 0.2) is 0 Å². The molecule has 1 aromatic rings. The van der Waals surface area contributed by atoms with E-state index in [9.17, 15) is 14.7 Å². The zero-order chi connectivity index (χ0) is 16.4. The first kappa shape index (κ1) is 16.1. The topological polar surface area (TPSA) is 89.5 Å². The molecule has 0 radical (unpaired) electrons. The number of hydrogen-bond donors (Lipinski definition) is 2. The predicted octanol–water partition coefficient (Wildman–Crippen LogP) is -0.00288.